The van der Waals surface area contributed by atoms with E-state index in [1.165, 1.54) is 16.9 Å². The number of hydrogen-bond acceptors (Lipinski definition) is 2. The van der Waals surface area contributed by atoms with Crippen LogP contribution in [0.25, 0.3) is 21.9 Å². The molecule has 160 valence electrons. The molecule has 0 saturated carbocycles. The molecule has 31 heavy (non-hydrogen) atoms. The Morgan fingerprint density at radius 2 is 1.61 bits per heavy atom. The Morgan fingerprint density at radius 3 is 2.26 bits per heavy atom. The largest absolute Gasteiger partial charge is 0.489 e. The predicted molar refractivity (Wildman–Crippen MR) is 123 cm³/mol. The second kappa shape index (κ2) is 10.1. The van der Waals surface area contributed by atoms with Crippen molar-refractivity contribution in [3.63, 3.8) is 0 Å². The number of halogens is 1. The van der Waals surface area contributed by atoms with Gasteiger partial charge >= 0.3 is 0 Å². The Morgan fingerprint density at radius 1 is 0.935 bits per heavy atom. The third-order valence-electron chi connectivity index (χ3n) is 4.98. The molecule has 3 aromatic carbocycles. The fourth-order valence-corrected chi connectivity index (χ4v) is 3.63. The monoisotopic (exact) mass is 418 g/mol. The SMILES string of the molecule is CC.CC(C)c1c(-c2ccc(F)cc2)c2ccc(OCc3ccccc3)cc2c[n+]1O. The van der Waals surface area contributed by atoms with Gasteiger partial charge in [-0.1, -0.05) is 70.2 Å². The van der Waals surface area contributed by atoms with Crippen LogP contribution in [0, 0.1) is 5.82 Å². The van der Waals surface area contributed by atoms with Crippen LogP contribution in [0.3, 0.4) is 0 Å². The molecule has 0 saturated heterocycles. The van der Waals surface area contributed by atoms with Crippen molar-refractivity contribution < 1.29 is 19.1 Å². The van der Waals surface area contributed by atoms with Crippen molar-refractivity contribution in [2.24, 2.45) is 0 Å². The maximum atomic E-state index is 13.5. The van der Waals surface area contributed by atoms with Gasteiger partial charge < -0.3 is 4.74 Å². The topological polar surface area (TPSA) is 33.3 Å². The Labute approximate surface area is 183 Å². The smallest absolute Gasteiger partial charge is 0.245 e. The van der Waals surface area contributed by atoms with Crippen LogP contribution in [-0.4, -0.2) is 5.21 Å². The number of fused-ring (bicyclic) bond motifs is 1. The van der Waals surface area contributed by atoms with Crippen molar-refractivity contribution in [2.75, 3.05) is 0 Å². The molecule has 4 aromatic rings. The van der Waals surface area contributed by atoms with E-state index in [9.17, 15) is 9.60 Å². The number of aromatic nitrogens is 1. The van der Waals surface area contributed by atoms with Gasteiger partial charge in [0.25, 0.3) is 0 Å². The van der Waals surface area contributed by atoms with Gasteiger partial charge in [-0.25, -0.2) is 4.39 Å². The van der Waals surface area contributed by atoms with Gasteiger partial charge in [0.1, 0.15) is 18.2 Å². The zero-order chi connectivity index (χ0) is 22.4. The molecule has 1 N–H and O–H groups in total. The van der Waals surface area contributed by atoms with E-state index in [4.69, 9.17) is 4.74 Å². The van der Waals surface area contributed by atoms with Gasteiger partial charge in [-0.15, -0.1) is 0 Å². The third kappa shape index (κ3) is 5.02. The highest BCUT2D eigenvalue weighted by Crippen LogP contribution is 2.35. The average molecular weight is 419 g/mol. The van der Waals surface area contributed by atoms with Gasteiger partial charge in [0, 0.05) is 16.0 Å². The van der Waals surface area contributed by atoms with Gasteiger partial charge in [0.2, 0.25) is 11.9 Å². The van der Waals surface area contributed by atoms with Crippen molar-refractivity contribution in [2.45, 2.75) is 40.2 Å². The standard InChI is InChI=1S/C25H23FNO2.C2H6/c1-17(2)25-24(19-8-10-21(26)11-9-19)23-13-12-22(14-20(23)15-27(25)28)29-16-18-6-4-3-5-7-18;1-2/h3-15,17,28H,16H2,1-2H3;1-2H3/q+1;. The van der Waals surface area contributed by atoms with E-state index in [-0.39, 0.29) is 11.7 Å². The van der Waals surface area contributed by atoms with E-state index in [2.05, 4.69) is 0 Å². The summed E-state index contributed by atoms with van der Waals surface area (Å²) in [5.74, 6) is 0.524. The Bertz CT molecular complexity index is 1140. The molecule has 0 aliphatic heterocycles. The van der Waals surface area contributed by atoms with E-state index in [0.29, 0.717) is 6.61 Å². The Kier molecular flexibility index (Phi) is 7.24. The molecule has 0 aliphatic rings. The number of nitrogens with zero attached hydrogens (tertiary/aromatic N) is 1. The molecule has 4 heteroatoms. The second-order valence-corrected chi connectivity index (χ2v) is 7.42. The molecule has 0 amide bonds. The summed E-state index contributed by atoms with van der Waals surface area (Å²) < 4.78 is 20.6. The molecular formula is C27H29FNO2+. The number of hydrogen-bond donors (Lipinski definition) is 1. The lowest BCUT2D eigenvalue weighted by molar-refractivity contribution is -0.909. The highest BCUT2D eigenvalue weighted by Gasteiger charge is 2.25. The minimum Gasteiger partial charge on any atom is -0.489 e. The minimum atomic E-state index is -0.284. The van der Waals surface area contributed by atoms with E-state index in [1.54, 1.807) is 18.3 Å². The van der Waals surface area contributed by atoms with Gasteiger partial charge in [-0.2, -0.15) is 0 Å². The van der Waals surface area contributed by atoms with Crippen LogP contribution in [0.15, 0.2) is 79.0 Å². The molecule has 3 nitrogen and oxygen atoms in total. The molecule has 0 bridgehead atoms. The maximum absolute atomic E-state index is 13.5. The first-order valence-corrected chi connectivity index (χ1v) is 10.7. The number of ether oxygens (including phenoxy) is 1. The zero-order valence-electron chi connectivity index (χ0n) is 18.5. The highest BCUT2D eigenvalue weighted by atomic mass is 19.1. The maximum Gasteiger partial charge on any atom is 0.245 e. The Balaban J connectivity index is 0.00000132. The quantitative estimate of drug-likeness (QED) is 0.282. The van der Waals surface area contributed by atoms with Crippen molar-refractivity contribution in [1.82, 2.24) is 0 Å². The van der Waals surface area contributed by atoms with Crippen LogP contribution < -0.4 is 9.47 Å². The molecular weight excluding hydrogens is 389 g/mol. The summed E-state index contributed by atoms with van der Waals surface area (Å²) in [6.07, 6.45) is 1.70. The summed E-state index contributed by atoms with van der Waals surface area (Å²) in [4.78, 5) is 0. The van der Waals surface area contributed by atoms with E-state index in [0.717, 1.165) is 38.9 Å². The molecule has 1 heterocycles. The number of rotatable bonds is 5. The predicted octanol–water partition coefficient (Wildman–Crippen LogP) is 6.90. The molecule has 0 aliphatic carbocycles. The molecule has 0 spiro atoms. The normalized spacial score (nSPS) is 10.6. The number of benzene rings is 3. The fourth-order valence-electron chi connectivity index (χ4n) is 3.63. The molecule has 0 unspecified atom stereocenters. The summed E-state index contributed by atoms with van der Waals surface area (Å²) in [6, 6.07) is 22.2. The van der Waals surface area contributed by atoms with Crippen LogP contribution in [0.5, 0.6) is 5.75 Å². The molecule has 0 radical (unpaired) electrons. The highest BCUT2D eigenvalue weighted by molar-refractivity contribution is 5.97. The van der Waals surface area contributed by atoms with Crippen LogP contribution >= 0.6 is 0 Å². The molecule has 1 aromatic heterocycles. The lowest BCUT2D eigenvalue weighted by Gasteiger charge is -2.13. The first kappa shape index (κ1) is 22.3. The van der Waals surface area contributed by atoms with E-state index >= 15 is 0 Å². The van der Waals surface area contributed by atoms with Crippen LogP contribution in [-0.2, 0) is 6.61 Å². The Hall–Kier alpha value is -3.40. The zero-order valence-corrected chi connectivity index (χ0v) is 18.5. The lowest BCUT2D eigenvalue weighted by atomic mass is 9.92. The average Bonchev–Trinajstić information content (AvgIpc) is 2.79. The van der Waals surface area contributed by atoms with Crippen LogP contribution in [0.4, 0.5) is 4.39 Å². The van der Waals surface area contributed by atoms with Crippen molar-refractivity contribution in [3.8, 4) is 16.9 Å². The van der Waals surface area contributed by atoms with Crippen LogP contribution in [0.1, 0.15) is 44.9 Å². The summed E-state index contributed by atoms with van der Waals surface area (Å²) in [5.41, 5.74) is 3.63. The van der Waals surface area contributed by atoms with Crippen molar-refractivity contribution in [1.29, 1.82) is 0 Å². The first-order chi connectivity index (χ1) is 15.0. The van der Waals surface area contributed by atoms with Gasteiger partial charge in [0.05, 0.1) is 10.9 Å². The fraction of sp³-hybridized carbons (Fsp3) is 0.222. The van der Waals surface area contributed by atoms with Gasteiger partial charge in [-0.05, 0) is 41.5 Å². The van der Waals surface area contributed by atoms with Crippen molar-refractivity contribution >= 4 is 10.8 Å². The summed E-state index contributed by atoms with van der Waals surface area (Å²) in [5, 5.41) is 12.5. The van der Waals surface area contributed by atoms with Gasteiger partial charge in [-0.3, -0.25) is 5.21 Å². The van der Waals surface area contributed by atoms with Gasteiger partial charge in [0.15, 0.2) is 0 Å². The third-order valence-corrected chi connectivity index (χ3v) is 4.98. The first-order valence-electron chi connectivity index (χ1n) is 10.7. The minimum absolute atomic E-state index is 0.0819. The summed E-state index contributed by atoms with van der Waals surface area (Å²) in [7, 11) is 0. The summed E-state index contributed by atoms with van der Waals surface area (Å²) >= 11 is 0. The van der Waals surface area contributed by atoms with Crippen molar-refractivity contribution in [3.05, 3.63) is 96.1 Å². The van der Waals surface area contributed by atoms with E-state index < -0.39 is 0 Å². The molecule has 0 fully saturated rings. The van der Waals surface area contributed by atoms with E-state index in [1.807, 2.05) is 76.2 Å². The second-order valence-electron chi connectivity index (χ2n) is 7.42. The number of pyridine rings is 1. The lowest BCUT2D eigenvalue weighted by Crippen LogP contribution is -2.36. The molecule has 0 atom stereocenters. The summed E-state index contributed by atoms with van der Waals surface area (Å²) in [6.45, 7) is 8.52. The molecule has 4 rings (SSSR count). The van der Waals surface area contributed by atoms with Crippen LogP contribution in [0.2, 0.25) is 0 Å².